The van der Waals surface area contributed by atoms with Gasteiger partial charge in [0, 0.05) is 17.5 Å². The molecular weight excluding hydrogens is 294 g/mol. The molecule has 1 N–H and O–H groups in total. The van der Waals surface area contributed by atoms with Gasteiger partial charge in [-0.25, -0.2) is 0 Å². The number of aromatic amines is 1. The largest absolute Gasteiger partial charge is 0.303 e. The van der Waals surface area contributed by atoms with Crippen molar-refractivity contribution in [2.45, 2.75) is 31.6 Å². The number of nitrogens with zero attached hydrogens (tertiary/aromatic N) is 2. The van der Waals surface area contributed by atoms with Crippen molar-refractivity contribution < 1.29 is 0 Å². The van der Waals surface area contributed by atoms with Crippen molar-refractivity contribution in [2.75, 3.05) is 19.6 Å². The van der Waals surface area contributed by atoms with Gasteiger partial charge < -0.3 is 4.90 Å². The molecule has 22 heavy (non-hydrogen) atoms. The molecule has 116 valence electrons. The molecule has 0 bridgehead atoms. The van der Waals surface area contributed by atoms with Gasteiger partial charge >= 0.3 is 0 Å². The summed E-state index contributed by atoms with van der Waals surface area (Å²) in [5.74, 6) is 1.60. The van der Waals surface area contributed by atoms with Gasteiger partial charge in [-0.2, -0.15) is 5.10 Å². The summed E-state index contributed by atoms with van der Waals surface area (Å²) in [6, 6.07) is 10.1. The number of H-pyrrole nitrogens is 1. The van der Waals surface area contributed by atoms with E-state index in [0.29, 0.717) is 5.92 Å². The highest BCUT2D eigenvalue weighted by molar-refractivity contribution is 6.30. The monoisotopic (exact) mass is 315 g/mol. The summed E-state index contributed by atoms with van der Waals surface area (Å²) in [5.41, 5.74) is 3.46. The van der Waals surface area contributed by atoms with E-state index in [1.165, 1.54) is 51.0 Å². The highest BCUT2D eigenvalue weighted by atomic mass is 35.5. The molecular formula is C18H22ClN3. The standard InChI is InChI=1S/C18H22ClN3/c19-16-5-3-14(4-6-16)17-11-18(21-20-17)15-7-9-22(10-8-15)12-13-1-2-13/h3-6,11,13,15H,1-2,7-10,12H2,(H,20,21). The summed E-state index contributed by atoms with van der Waals surface area (Å²) in [7, 11) is 0. The smallest absolute Gasteiger partial charge is 0.0660 e. The van der Waals surface area contributed by atoms with Crippen molar-refractivity contribution in [1.82, 2.24) is 15.1 Å². The van der Waals surface area contributed by atoms with Gasteiger partial charge in [0.1, 0.15) is 0 Å². The van der Waals surface area contributed by atoms with Gasteiger partial charge in [-0.15, -0.1) is 0 Å². The van der Waals surface area contributed by atoms with Crippen LogP contribution in [0.15, 0.2) is 30.3 Å². The van der Waals surface area contributed by atoms with Crippen LogP contribution in [-0.2, 0) is 0 Å². The zero-order valence-corrected chi connectivity index (χ0v) is 13.5. The number of hydrogen-bond donors (Lipinski definition) is 1. The number of aromatic nitrogens is 2. The summed E-state index contributed by atoms with van der Waals surface area (Å²) in [6.07, 6.45) is 5.36. The van der Waals surface area contributed by atoms with Gasteiger partial charge in [-0.1, -0.05) is 23.7 Å². The molecule has 1 saturated heterocycles. The van der Waals surface area contributed by atoms with Crippen molar-refractivity contribution in [3.05, 3.63) is 41.0 Å². The zero-order valence-electron chi connectivity index (χ0n) is 12.8. The van der Waals surface area contributed by atoms with Gasteiger partial charge in [0.05, 0.1) is 11.4 Å². The molecule has 0 unspecified atom stereocenters. The van der Waals surface area contributed by atoms with Crippen molar-refractivity contribution in [2.24, 2.45) is 5.92 Å². The molecule has 0 amide bonds. The number of likely N-dealkylation sites (tertiary alicyclic amines) is 1. The summed E-state index contributed by atoms with van der Waals surface area (Å²) in [4.78, 5) is 2.64. The van der Waals surface area contributed by atoms with Crippen LogP contribution >= 0.6 is 11.6 Å². The second-order valence-electron chi connectivity index (χ2n) is 6.73. The van der Waals surface area contributed by atoms with Crippen molar-refractivity contribution in [1.29, 1.82) is 0 Å². The molecule has 1 aliphatic heterocycles. The normalized spacial score (nSPS) is 20.4. The van der Waals surface area contributed by atoms with Crippen molar-refractivity contribution >= 4 is 11.6 Å². The van der Waals surface area contributed by atoms with Crippen LogP contribution in [0.5, 0.6) is 0 Å². The maximum absolute atomic E-state index is 5.95. The van der Waals surface area contributed by atoms with E-state index in [4.69, 9.17) is 11.6 Å². The summed E-state index contributed by atoms with van der Waals surface area (Å²) < 4.78 is 0. The molecule has 1 aliphatic carbocycles. The Morgan fingerprint density at radius 3 is 2.50 bits per heavy atom. The fourth-order valence-electron chi connectivity index (χ4n) is 3.40. The highest BCUT2D eigenvalue weighted by Crippen LogP contribution is 2.33. The molecule has 1 aromatic carbocycles. The summed E-state index contributed by atoms with van der Waals surface area (Å²) in [6.45, 7) is 3.78. The lowest BCUT2D eigenvalue weighted by Crippen LogP contribution is -2.34. The molecule has 4 heteroatoms. The lowest BCUT2D eigenvalue weighted by Gasteiger charge is -2.31. The Balaban J connectivity index is 1.40. The second kappa shape index (κ2) is 6.05. The number of nitrogens with one attached hydrogen (secondary N) is 1. The van der Waals surface area contributed by atoms with Crippen LogP contribution < -0.4 is 0 Å². The first-order valence-electron chi connectivity index (χ1n) is 8.31. The van der Waals surface area contributed by atoms with Crippen LogP contribution in [0.25, 0.3) is 11.3 Å². The van der Waals surface area contributed by atoms with E-state index in [-0.39, 0.29) is 0 Å². The summed E-state index contributed by atoms with van der Waals surface area (Å²) in [5, 5.41) is 8.52. The van der Waals surface area contributed by atoms with Gasteiger partial charge in [0.2, 0.25) is 0 Å². The first kappa shape index (κ1) is 14.3. The Morgan fingerprint density at radius 1 is 1.09 bits per heavy atom. The van der Waals surface area contributed by atoms with Crippen molar-refractivity contribution in [3.8, 4) is 11.3 Å². The second-order valence-corrected chi connectivity index (χ2v) is 7.17. The van der Waals surface area contributed by atoms with Crippen LogP contribution in [0.2, 0.25) is 5.02 Å². The predicted molar refractivity (Wildman–Crippen MR) is 90.2 cm³/mol. The Bertz CT molecular complexity index is 622. The minimum absolute atomic E-state index is 0.604. The quantitative estimate of drug-likeness (QED) is 0.911. The number of halogens is 1. The Morgan fingerprint density at radius 2 is 1.82 bits per heavy atom. The van der Waals surface area contributed by atoms with Gasteiger partial charge in [-0.3, -0.25) is 5.10 Å². The number of hydrogen-bond acceptors (Lipinski definition) is 2. The van der Waals surface area contributed by atoms with Crippen LogP contribution in [0.3, 0.4) is 0 Å². The Labute approximate surface area is 136 Å². The zero-order chi connectivity index (χ0) is 14.9. The van der Waals surface area contributed by atoms with Crippen LogP contribution in [-0.4, -0.2) is 34.7 Å². The molecule has 2 fully saturated rings. The molecule has 0 atom stereocenters. The maximum atomic E-state index is 5.95. The first-order chi connectivity index (χ1) is 10.8. The average molecular weight is 316 g/mol. The topological polar surface area (TPSA) is 31.9 Å². The molecule has 2 aromatic rings. The van der Waals surface area contributed by atoms with E-state index in [1.807, 2.05) is 24.3 Å². The maximum Gasteiger partial charge on any atom is 0.0660 e. The molecule has 3 nitrogen and oxygen atoms in total. The third-order valence-corrected chi connectivity index (χ3v) is 5.22. The minimum atomic E-state index is 0.604. The molecule has 4 rings (SSSR count). The third-order valence-electron chi connectivity index (χ3n) is 4.97. The minimum Gasteiger partial charge on any atom is -0.303 e. The van der Waals surface area contributed by atoms with Gasteiger partial charge in [-0.05, 0) is 68.5 Å². The van der Waals surface area contributed by atoms with E-state index < -0.39 is 0 Å². The van der Waals surface area contributed by atoms with Gasteiger partial charge in [0.25, 0.3) is 0 Å². The van der Waals surface area contributed by atoms with Crippen LogP contribution in [0, 0.1) is 5.92 Å². The Kier molecular flexibility index (Phi) is 3.93. The fourth-order valence-corrected chi connectivity index (χ4v) is 3.53. The van der Waals surface area contributed by atoms with E-state index in [9.17, 15) is 0 Å². The number of piperidine rings is 1. The molecule has 2 heterocycles. The number of rotatable bonds is 4. The van der Waals surface area contributed by atoms with E-state index in [2.05, 4.69) is 21.2 Å². The molecule has 2 aliphatic rings. The fraction of sp³-hybridized carbons (Fsp3) is 0.500. The Hall–Kier alpha value is -1.32. The highest BCUT2D eigenvalue weighted by Gasteiger charge is 2.28. The van der Waals surface area contributed by atoms with Crippen LogP contribution in [0.1, 0.15) is 37.3 Å². The van der Waals surface area contributed by atoms with Crippen LogP contribution in [0.4, 0.5) is 0 Å². The lowest BCUT2D eigenvalue weighted by molar-refractivity contribution is 0.203. The molecule has 0 spiro atoms. The van der Waals surface area contributed by atoms with Crippen molar-refractivity contribution in [3.63, 3.8) is 0 Å². The van der Waals surface area contributed by atoms with E-state index >= 15 is 0 Å². The molecule has 0 radical (unpaired) electrons. The average Bonchev–Trinajstić information content (AvgIpc) is 3.22. The molecule has 1 aromatic heterocycles. The summed E-state index contributed by atoms with van der Waals surface area (Å²) >= 11 is 5.95. The molecule has 1 saturated carbocycles. The third kappa shape index (κ3) is 3.21. The SMILES string of the molecule is Clc1ccc(-c2cc(C3CCN(CC4CC4)CC3)n[nH]2)cc1. The van der Waals surface area contributed by atoms with E-state index in [0.717, 1.165) is 22.2 Å². The predicted octanol–water partition coefficient (Wildman–Crippen LogP) is 4.32. The van der Waals surface area contributed by atoms with Gasteiger partial charge in [0.15, 0.2) is 0 Å². The lowest BCUT2D eigenvalue weighted by atomic mass is 9.93. The first-order valence-corrected chi connectivity index (χ1v) is 8.69. The number of benzene rings is 1. The van der Waals surface area contributed by atoms with E-state index in [1.54, 1.807) is 0 Å².